The summed E-state index contributed by atoms with van der Waals surface area (Å²) in [5.74, 6) is -1.35. The second-order valence-corrected chi connectivity index (χ2v) is 6.82. The van der Waals surface area contributed by atoms with Crippen molar-refractivity contribution in [1.82, 2.24) is 4.31 Å². The first-order valence-corrected chi connectivity index (χ1v) is 8.00. The summed E-state index contributed by atoms with van der Waals surface area (Å²) < 4.78 is 64.7. The van der Waals surface area contributed by atoms with Gasteiger partial charge in [0.1, 0.15) is 6.04 Å². The zero-order valence-corrected chi connectivity index (χ0v) is 12.2. The first-order valence-electron chi connectivity index (χ1n) is 6.56. The lowest BCUT2D eigenvalue weighted by Crippen LogP contribution is -2.48. The molecular formula is C13H14F3NO4S. The molecule has 0 radical (unpaired) electrons. The number of carbonyl (C=O) groups is 1. The molecule has 0 amide bonds. The number of nitrogens with zero attached hydrogens (tertiary/aromatic N) is 1. The summed E-state index contributed by atoms with van der Waals surface area (Å²) in [5.41, 5.74) is -1.29. The third-order valence-corrected chi connectivity index (χ3v) is 5.48. The molecule has 2 rings (SSSR count). The van der Waals surface area contributed by atoms with E-state index in [4.69, 9.17) is 5.11 Å². The molecular weight excluding hydrogens is 323 g/mol. The van der Waals surface area contributed by atoms with Crippen LogP contribution in [-0.2, 0) is 21.0 Å². The number of halogens is 3. The van der Waals surface area contributed by atoms with Gasteiger partial charge in [-0.3, -0.25) is 4.79 Å². The molecule has 9 heteroatoms. The molecule has 1 saturated heterocycles. The molecule has 1 fully saturated rings. The Morgan fingerprint density at radius 2 is 1.86 bits per heavy atom. The normalized spacial score (nSPS) is 20.8. The highest BCUT2D eigenvalue weighted by molar-refractivity contribution is 7.89. The maximum absolute atomic E-state index is 13.0. The number of hydrogen-bond acceptors (Lipinski definition) is 3. The van der Waals surface area contributed by atoms with Gasteiger partial charge in [0.15, 0.2) is 0 Å². The van der Waals surface area contributed by atoms with E-state index in [9.17, 15) is 26.4 Å². The van der Waals surface area contributed by atoms with Crippen LogP contribution in [0.2, 0.25) is 0 Å². The summed E-state index contributed by atoms with van der Waals surface area (Å²) in [6, 6.07) is 2.47. The van der Waals surface area contributed by atoms with Crippen molar-refractivity contribution in [2.24, 2.45) is 0 Å². The number of carboxylic acid groups (broad SMARTS) is 1. The van der Waals surface area contributed by atoms with Crippen LogP contribution < -0.4 is 0 Å². The highest BCUT2D eigenvalue weighted by Gasteiger charge is 2.42. The van der Waals surface area contributed by atoms with Gasteiger partial charge in [-0.2, -0.15) is 17.5 Å². The lowest BCUT2D eigenvalue weighted by atomic mass is 10.1. The first-order chi connectivity index (χ1) is 10.2. The van der Waals surface area contributed by atoms with Gasteiger partial charge in [0, 0.05) is 6.54 Å². The number of rotatable bonds is 3. The van der Waals surface area contributed by atoms with Crippen molar-refractivity contribution in [2.45, 2.75) is 36.4 Å². The Morgan fingerprint density at radius 1 is 1.23 bits per heavy atom. The SMILES string of the molecule is O=C(O)C1CCCCN1S(=O)(=O)c1ccccc1C(F)(F)F. The minimum absolute atomic E-state index is 0.0861. The number of carboxylic acids is 1. The lowest BCUT2D eigenvalue weighted by molar-refractivity contribution is -0.142. The van der Waals surface area contributed by atoms with Gasteiger partial charge in [0.2, 0.25) is 10.0 Å². The van der Waals surface area contributed by atoms with Gasteiger partial charge in [-0.25, -0.2) is 8.42 Å². The van der Waals surface area contributed by atoms with Crippen LogP contribution in [0.1, 0.15) is 24.8 Å². The van der Waals surface area contributed by atoms with Gasteiger partial charge >= 0.3 is 12.1 Å². The van der Waals surface area contributed by atoms with Crippen LogP contribution in [0, 0.1) is 0 Å². The van der Waals surface area contributed by atoms with Gasteiger partial charge in [-0.1, -0.05) is 12.1 Å². The van der Waals surface area contributed by atoms with Crippen molar-refractivity contribution >= 4 is 16.0 Å². The Labute approximate surface area is 125 Å². The molecule has 1 aromatic rings. The fourth-order valence-corrected chi connectivity index (χ4v) is 4.36. The van der Waals surface area contributed by atoms with Gasteiger partial charge < -0.3 is 5.11 Å². The predicted molar refractivity (Wildman–Crippen MR) is 70.6 cm³/mol. The maximum Gasteiger partial charge on any atom is 0.417 e. The number of alkyl halides is 3. The van der Waals surface area contributed by atoms with E-state index in [1.165, 1.54) is 6.07 Å². The third kappa shape index (κ3) is 3.09. The largest absolute Gasteiger partial charge is 0.480 e. The fraction of sp³-hybridized carbons (Fsp3) is 0.462. The Hall–Kier alpha value is -1.61. The highest BCUT2D eigenvalue weighted by atomic mass is 32.2. The molecule has 0 spiro atoms. The Kier molecular flexibility index (Phi) is 4.48. The lowest BCUT2D eigenvalue weighted by Gasteiger charge is -2.32. The van der Waals surface area contributed by atoms with Crippen LogP contribution in [0.4, 0.5) is 13.2 Å². The number of piperidine rings is 1. The Balaban J connectivity index is 2.53. The molecule has 0 bridgehead atoms. The minimum Gasteiger partial charge on any atom is -0.480 e. The van der Waals surface area contributed by atoms with Crippen molar-refractivity contribution in [3.8, 4) is 0 Å². The molecule has 22 heavy (non-hydrogen) atoms. The summed E-state index contributed by atoms with van der Waals surface area (Å²) in [7, 11) is -4.54. The van der Waals surface area contributed by atoms with Crippen molar-refractivity contribution in [1.29, 1.82) is 0 Å². The summed E-state index contributed by atoms with van der Waals surface area (Å²) in [6.45, 7) is -0.106. The van der Waals surface area contributed by atoms with Gasteiger partial charge in [-0.05, 0) is 31.4 Å². The van der Waals surface area contributed by atoms with Crippen LogP contribution in [0.3, 0.4) is 0 Å². The summed E-state index contributed by atoms with van der Waals surface area (Å²) in [6.07, 6.45) is -3.82. The zero-order chi connectivity index (χ0) is 16.5. The molecule has 5 nitrogen and oxygen atoms in total. The van der Waals surface area contributed by atoms with Crippen LogP contribution in [0.25, 0.3) is 0 Å². The van der Waals surface area contributed by atoms with Crippen molar-refractivity contribution in [3.05, 3.63) is 29.8 Å². The molecule has 1 unspecified atom stereocenters. The fourth-order valence-electron chi connectivity index (χ4n) is 2.49. The number of hydrogen-bond donors (Lipinski definition) is 1. The van der Waals surface area contributed by atoms with Crippen molar-refractivity contribution in [2.75, 3.05) is 6.54 Å². The molecule has 0 aromatic heterocycles. The van der Waals surface area contributed by atoms with Crippen LogP contribution in [-0.4, -0.2) is 36.4 Å². The van der Waals surface area contributed by atoms with Crippen LogP contribution in [0.15, 0.2) is 29.2 Å². The van der Waals surface area contributed by atoms with Gasteiger partial charge in [0.25, 0.3) is 0 Å². The highest BCUT2D eigenvalue weighted by Crippen LogP contribution is 2.36. The predicted octanol–water partition coefficient (Wildman–Crippen LogP) is 2.33. The van der Waals surface area contributed by atoms with Crippen LogP contribution >= 0.6 is 0 Å². The molecule has 1 heterocycles. The maximum atomic E-state index is 13.0. The van der Waals surface area contributed by atoms with Gasteiger partial charge in [0.05, 0.1) is 10.5 Å². The standard InChI is InChI=1S/C13H14F3NO4S/c14-13(15,16)9-5-1-2-7-11(9)22(20,21)17-8-4-3-6-10(17)12(18)19/h1-2,5,7,10H,3-4,6,8H2,(H,18,19). The molecule has 0 aliphatic carbocycles. The second-order valence-electron chi connectivity index (χ2n) is 4.96. The van der Waals surface area contributed by atoms with Crippen molar-refractivity contribution < 1.29 is 31.5 Å². The van der Waals surface area contributed by atoms with E-state index in [0.29, 0.717) is 23.2 Å². The summed E-state index contributed by atoms with van der Waals surface area (Å²) in [4.78, 5) is 10.3. The Bertz CT molecular complexity index is 672. The Morgan fingerprint density at radius 3 is 2.45 bits per heavy atom. The zero-order valence-electron chi connectivity index (χ0n) is 11.4. The van der Waals surface area contributed by atoms with E-state index in [2.05, 4.69) is 0 Å². The van der Waals surface area contributed by atoms with E-state index < -0.39 is 38.7 Å². The van der Waals surface area contributed by atoms with Crippen molar-refractivity contribution in [3.63, 3.8) is 0 Å². The first kappa shape index (κ1) is 16.8. The smallest absolute Gasteiger partial charge is 0.417 e. The third-order valence-electron chi connectivity index (χ3n) is 3.52. The summed E-state index contributed by atoms with van der Waals surface area (Å²) >= 11 is 0. The second kappa shape index (κ2) is 5.88. The molecule has 0 saturated carbocycles. The molecule has 1 N–H and O–H groups in total. The monoisotopic (exact) mass is 337 g/mol. The number of aliphatic carboxylic acids is 1. The molecule has 122 valence electrons. The van der Waals surface area contributed by atoms with E-state index >= 15 is 0 Å². The summed E-state index contributed by atoms with van der Waals surface area (Å²) in [5, 5.41) is 9.12. The topological polar surface area (TPSA) is 74.7 Å². The number of sulfonamides is 1. The van der Waals surface area contributed by atoms with Crippen LogP contribution in [0.5, 0.6) is 0 Å². The van der Waals surface area contributed by atoms with E-state index in [-0.39, 0.29) is 13.0 Å². The number of benzene rings is 1. The molecule has 1 aliphatic rings. The van der Waals surface area contributed by atoms with E-state index in [0.717, 1.165) is 12.1 Å². The average Bonchev–Trinajstić information content (AvgIpc) is 2.46. The molecule has 1 aromatic carbocycles. The van der Waals surface area contributed by atoms with E-state index in [1.54, 1.807) is 0 Å². The average molecular weight is 337 g/mol. The van der Waals surface area contributed by atoms with E-state index in [1.807, 2.05) is 0 Å². The quantitative estimate of drug-likeness (QED) is 0.919. The van der Waals surface area contributed by atoms with Gasteiger partial charge in [-0.15, -0.1) is 0 Å². The molecule has 1 aliphatic heterocycles. The molecule has 1 atom stereocenters. The minimum atomic E-state index is -4.84.